The molecule has 0 atom stereocenters. The van der Waals surface area contributed by atoms with E-state index in [1.807, 2.05) is 35.0 Å². The van der Waals surface area contributed by atoms with Crippen LogP contribution in [0.5, 0.6) is 5.75 Å². The topological polar surface area (TPSA) is 35.2 Å². The van der Waals surface area contributed by atoms with Crippen molar-refractivity contribution >= 4 is 23.8 Å². The number of methoxy groups -OCH3 is 1. The van der Waals surface area contributed by atoms with Crippen LogP contribution in [0.25, 0.3) is 11.4 Å². The van der Waals surface area contributed by atoms with Crippen LogP contribution >= 0.6 is 23.8 Å². The van der Waals surface area contributed by atoms with E-state index >= 15 is 0 Å². The SMILES string of the molecule is COc1ccc(-c2nn(CN(C)Cc3ccccc3Cl)c(=S)n2C2CCCCC2)cc1. The van der Waals surface area contributed by atoms with E-state index in [2.05, 4.69) is 34.7 Å². The Balaban J connectivity index is 1.65. The molecule has 1 fully saturated rings. The van der Waals surface area contributed by atoms with Crippen molar-refractivity contribution in [3.63, 3.8) is 0 Å². The summed E-state index contributed by atoms with van der Waals surface area (Å²) in [5.41, 5.74) is 2.16. The molecule has 5 nitrogen and oxygen atoms in total. The van der Waals surface area contributed by atoms with Gasteiger partial charge in [-0.05, 0) is 68.0 Å². The maximum absolute atomic E-state index is 6.35. The van der Waals surface area contributed by atoms with Crippen LogP contribution in [-0.2, 0) is 13.2 Å². The number of hydrogen-bond acceptors (Lipinski definition) is 4. The van der Waals surface area contributed by atoms with Gasteiger partial charge < -0.3 is 4.74 Å². The van der Waals surface area contributed by atoms with Gasteiger partial charge in [-0.25, -0.2) is 4.68 Å². The Morgan fingerprint density at radius 2 is 1.81 bits per heavy atom. The summed E-state index contributed by atoms with van der Waals surface area (Å²) in [6.07, 6.45) is 6.09. The zero-order valence-electron chi connectivity index (χ0n) is 18.1. The lowest BCUT2D eigenvalue weighted by Gasteiger charge is -2.24. The van der Waals surface area contributed by atoms with Crippen molar-refractivity contribution < 1.29 is 4.74 Å². The van der Waals surface area contributed by atoms with Crippen molar-refractivity contribution in [3.8, 4) is 17.1 Å². The second-order valence-electron chi connectivity index (χ2n) is 8.24. The molecule has 164 valence electrons. The summed E-state index contributed by atoms with van der Waals surface area (Å²) in [4.78, 5) is 2.19. The largest absolute Gasteiger partial charge is 0.497 e. The standard InChI is InChI=1S/C24H29ClN4OS/c1-27(16-19-8-6-7-11-22(19)25)17-28-24(31)29(20-9-4-3-5-10-20)23(26-28)18-12-14-21(30-2)15-13-18/h6-8,11-15,20H,3-5,9-10,16-17H2,1-2H3. The molecular formula is C24H29ClN4OS. The predicted molar refractivity (Wildman–Crippen MR) is 128 cm³/mol. The minimum Gasteiger partial charge on any atom is -0.497 e. The van der Waals surface area contributed by atoms with E-state index in [4.69, 9.17) is 33.7 Å². The Bertz CT molecular complexity index is 1070. The zero-order chi connectivity index (χ0) is 21.8. The number of ether oxygens (including phenoxy) is 1. The molecule has 2 aromatic carbocycles. The van der Waals surface area contributed by atoms with E-state index in [1.165, 1.54) is 19.3 Å². The Morgan fingerprint density at radius 1 is 1.10 bits per heavy atom. The van der Waals surface area contributed by atoms with Crippen LogP contribution in [-0.4, -0.2) is 33.4 Å². The molecular weight excluding hydrogens is 428 g/mol. The van der Waals surface area contributed by atoms with Gasteiger partial charge in [0.05, 0.1) is 13.8 Å². The van der Waals surface area contributed by atoms with Gasteiger partial charge in [-0.1, -0.05) is 49.1 Å². The highest BCUT2D eigenvalue weighted by atomic mass is 35.5. The third-order valence-electron chi connectivity index (χ3n) is 5.93. The van der Waals surface area contributed by atoms with E-state index in [-0.39, 0.29) is 0 Å². The second-order valence-corrected chi connectivity index (χ2v) is 9.02. The van der Waals surface area contributed by atoms with Gasteiger partial charge >= 0.3 is 0 Å². The zero-order valence-corrected chi connectivity index (χ0v) is 19.7. The van der Waals surface area contributed by atoms with Gasteiger partial charge in [0.25, 0.3) is 0 Å². The average Bonchev–Trinajstić information content (AvgIpc) is 3.11. The lowest BCUT2D eigenvalue weighted by Crippen LogP contribution is -2.23. The number of rotatable bonds is 7. The fourth-order valence-electron chi connectivity index (χ4n) is 4.31. The van der Waals surface area contributed by atoms with Crippen LogP contribution in [0.2, 0.25) is 5.02 Å². The maximum atomic E-state index is 6.35. The fourth-order valence-corrected chi connectivity index (χ4v) is 4.84. The van der Waals surface area contributed by atoms with Gasteiger partial charge in [-0.2, -0.15) is 5.10 Å². The molecule has 1 saturated carbocycles. The van der Waals surface area contributed by atoms with E-state index in [0.29, 0.717) is 12.7 Å². The van der Waals surface area contributed by atoms with Gasteiger partial charge in [0.2, 0.25) is 0 Å². The van der Waals surface area contributed by atoms with Gasteiger partial charge in [0.1, 0.15) is 5.75 Å². The smallest absolute Gasteiger partial charge is 0.199 e. The maximum Gasteiger partial charge on any atom is 0.199 e. The number of hydrogen-bond donors (Lipinski definition) is 0. The van der Waals surface area contributed by atoms with Crippen LogP contribution in [0.1, 0.15) is 43.7 Å². The summed E-state index contributed by atoms with van der Waals surface area (Å²) in [5.74, 6) is 1.77. The van der Waals surface area contributed by atoms with Crippen LogP contribution < -0.4 is 4.74 Å². The van der Waals surface area contributed by atoms with Crippen LogP contribution in [0.4, 0.5) is 0 Å². The normalized spacial score (nSPS) is 14.8. The van der Waals surface area contributed by atoms with Crippen LogP contribution in [0, 0.1) is 4.77 Å². The summed E-state index contributed by atoms with van der Waals surface area (Å²) in [5, 5.41) is 5.76. The highest BCUT2D eigenvalue weighted by Gasteiger charge is 2.23. The van der Waals surface area contributed by atoms with Gasteiger partial charge in [-0.3, -0.25) is 9.47 Å². The van der Waals surface area contributed by atoms with Crippen molar-refractivity contribution in [2.24, 2.45) is 0 Å². The molecule has 0 spiro atoms. The molecule has 0 saturated heterocycles. The van der Waals surface area contributed by atoms with E-state index in [0.717, 1.165) is 51.9 Å². The Hall–Kier alpha value is -2.15. The molecule has 0 aliphatic heterocycles. The molecule has 0 radical (unpaired) electrons. The van der Waals surface area contributed by atoms with Crippen LogP contribution in [0.3, 0.4) is 0 Å². The minimum atomic E-state index is 0.404. The fraction of sp³-hybridized carbons (Fsp3) is 0.417. The van der Waals surface area contributed by atoms with Gasteiger partial charge in [0.15, 0.2) is 10.6 Å². The molecule has 1 aromatic heterocycles. The van der Waals surface area contributed by atoms with E-state index in [9.17, 15) is 0 Å². The minimum absolute atomic E-state index is 0.404. The molecule has 1 aliphatic rings. The molecule has 1 heterocycles. The number of halogens is 1. The molecule has 7 heteroatoms. The Morgan fingerprint density at radius 3 is 2.48 bits per heavy atom. The third kappa shape index (κ3) is 5.03. The number of nitrogens with zero attached hydrogens (tertiary/aromatic N) is 4. The van der Waals surface area contributed by atoms with Gasteiger partial charge in [-0.15, -0.1) is 0 Å². The van der Waals surface area contributed by atoms with E-state index < -0.39 is 0 Å². The lowest BCUT2D eigenvalue weighted by atomic mass is 9.95. The van der Waals surface area contributed by atoms with Crippen molar-refractivity contribution in [1.29, 1.82) is 0 Å². The summed E-state index contributed by atoms with van der Waals surface area (Å²) >= 11 is 12.3. The first-order chi connectivity index (χ1) is 15.1. The average molecular weight is 457 g/mol. The molecule has 0 unspecified atom stereocenters. The lowest BCUT2D eigenvalue weighted by molar-refractivity contribution is 0.242. The second kappa shape index (κ2) is 9.98. The summed E-state index contributed by atoms with van der Waals surface area (Å²) in [6, 6.07) is 16.4. The highest BCUT2D eigenvalue weighted by Crippen LogP contribution is 2.33. The quantitative estimate of drug-likeness (QED) is 0.388. The predicted octanol–water partition coefficient (Wildman–Crippen LogP) is 6.34. The molecule has 4 rings (SSSR count). The molecule has 0 N–H and O–H groups in total. The van der Waals surface area contributed by atoms with Crippen molar-refractivity contribution in [3.05, 3.63) is 63.9 Å². The summed E-state index contributed by atoms with van der Waals surface area (Å²) in [6.45, 7) is 1.34. The van der Waals surface area contributed by atoms with Gasteiger partial charge in [0, 0.05) is 23.2 Å². The molecule has 0 bridgehead atoms. The highest BCUT2D eigenvalue weighted by molar-refractivity contribution is 7.71. The summed E-state index contributed by atoms with van der Waals surface area (Å²) in [7, 11) is 3.75. The molecule has 31 heavy (non-hydrogen) atoms. The van der Waals surface area contributed by atoms with Crippen molar-refractivity contribution in [2.75, 3.05) is 14.2 Å². The van der Waals surface area contributed by atoms with Crippen molar-refractivity contribution in [2.45, 2.75) is 51.4 Å². The number of benzene rings is 2. The first-order valence-corrected chi connectivity index (χ1v) is 11.6. The Kier molecular flexibility index (Phi) is 7.10. The molecule has 3 aromatic rings. The molecule has 0 amide bonds. The third-order valence-corrected chi connectivity index (χ3v) is 6.71. The van der Waals surface area contributed by atoms with Crippen LogP contribution in [0.15, 0.2) is 48.5 Å². The number of aromatic nitrogens is 3. The molecule has 1 aliphatic carbocycles. The van der Waals surface area contributed by atoms with E-state index in [1.54, 1.807) is 7.11 Å². The first kappa shape index (κ1) is 22.1. The first-order valence-electron chi connectivity index (χ1n) is 10.8. The summed E-state index contributed by atoms with van der Waals surface area (Å²) < 4.78 is 10.3. The Labute approximate surface area is 194 Å². The van der Waals surface area contributed by atoms with Crippen molar-refractivity contribution in [1.82, 2.24) is 19.2 Å². The monoisotopic (exact) mass is 456 g/mol.